The Labute approximate surface area is 159 Å². The summed E-state index contributed by atoms with van der Waals surface area (Å²) in [5.74, 6) is -0.211. The van der Waals surface area contributed by atoms with Gasteiger partial charge in [0.05, 0.1) is 11.1 Å². The number of amides is 3. The van der Waals surface area contributed by atoms with Gasteiger partial charge in [-0.1, -0.05) is 49.4 Å². The first-order valence-electron chi connectivity index (χ1n) is 9.35. The smallest absolute Gasteiger partial charge is 0.261 e. The van der Waals surface area contributed by atoms with Crippen LogP contribution in [0.25, 0.3) is 0 Å². The predicted molar refractivity (Wildman–Crippen MR) is 104 cm³/mol. The summed E-state index contributed by atoms with van der Waals surface area (Å²) in [6.07, 6.45) is 1.63. The molecular weight excluding hydrogens is 340 g/mol. The van der Waals surface area contributed by atoms with Crippen molar-refractivity contribution >= 4 is 17.7 Å². The first-order chi connectivity index (χ1) is 13.1. The van der Waals surface area contributed by atoms with Gasteiger partial charge in [0.1, 0.15) is 0 Å². The van der Waals surface area contributed by atoms with E-state index in [0.29, 0.717) is 36.4 Å². The van der Waals surface area contributed by atoms with Gasteiger partial charge in [-0.05, 0) is 36.5 Å². The Balaban J connectivity index is 1.38. The minimum atomic E-state index is -0.271. The average Bonchev–Trinajstić information content (AvgIpc) is 2.94. The zero-order valence-electron chi connectivity index (χ0n) is 15.5. The van der Waals surface area contributed by atoms with Crippen LogP contribution in [-0.4, -0.2) is 35.7 Å². The van der Waals surface area contributed by atoms with E-state index in [1.807, 2.05) is 18.2 Å². The molecule has 1 aliphatic heterocycles. The molecule has 0 saturated carbocycles. The molecule has 0 aromatic heterocycles. The van der Waals surface area contributed by atoms with Crippen molar-refractivity contribution in [1.29, 1.82) is 0 Å². The van der Waals surface area contributed by atoms with Crippen LogP contribution in [0.5, 0.6) is 0 Å². The molecule has 1 atom stereocenters. The molecule has 0 radical (unpaired) electrons. The van der Waals surface area contributed by atoms with Crippen LogP contribution < -0.4 is 5.32 Å². The summed E-state index contributed by atoms with van der Waals surface area (Å²) in [7, 11) is 0. The molecule has 0 spiro atoms. The van der Waals surface area contributed by atoms with Gasteiger partial charge in [-0.3, -0.25) is 19.3 Å². The maximum absolute atomic E-state index is 12.3. The normalized spacial score (nSPS) is 14.2. The van der Waals surface area contributed by atoms with E-state index in [2.05, 4.69) is 24.4 Å². The third kappa shape index (κ3) is 4.42. The van der Waals surface area contributed by atoms with Gasteiger partial charge in [0, 0.05) is 19.5 Å². The van der Waals surface area contributed by atoms with Gasteiger partial charge in [-0.2, -0.15) is 0 Å². The summed E-state index contributed by atoms with van der Waals surface area (Å²) in [6.45, 7) is 3.02. The van der Waals surface area contributed by atoms with Crippen LogP contribution in [0.3, 0.4) is 0 Å². The van der Waals surface area contributed by atoms with Gasteiger partial charge in [-0.25, -0.2) is 0 Å². The van der Waals surface area contributed by atoms with Gasteiger partial charge in [0.25, 0.3) is 11.8 Å². The maximum Gasteiger partial charge on any atom is 0.261 e. The molecule has 5 nitrogen and oxygen atoms in total. The molecule has 0 fully saturated rings. The second-order valence-corrected chi connectivity index (χ2v) is 6.86. The zero-order chi connectivity index (χ0) is 19.2. The lowest BCUT2D eigenvalue weighted by Gasteiger charge is -2.14. The second kappa shape index (κ2) is 8.62. The topological polar surface area (TPSA) is 66.5 Å². The van der Waals surface area contributed by atoms with E-state index in [9.17, 15) is 14.4 Å². The first-order valence-corrected chi connectivity index (χ1v) is 9.35. The highest BCUT2D eigenvalue weighted by Gasteiger charge is 2.34. The molecule has 2 aromatic carbocycles. The van der Waals surface area contributed by atoms with Crippen LogP contribution in [0.2, 0.25) is 0 Å². The van der Waals surface area contributed by atoms with Crippen LogP contribution in [0, 0.1) is 0 Å². The number of benzene rings is 2. The number of imide groups is 1. The largest absolute Gasteiger partial charge is 0.356 e. The molecule has 27 heavy (non-hydrogen) atoms. The van der Waals surface area contributed by atoms with Crippen molar-refractivity contribution in [3.8, 4) is 0 Å². The van der Waals surface area contributed by atoms with Gasteiger partial charge in [-0.15, -0.1) is 0 Å². The Morgan fingerprint density at radius 3 is 2.19 bits per heavy atom. The number of carbonyl (C=O) groups excluding carboxylic acids is 3. The fourth-order valence-corrected chi connectivity index (χ4v) is 3.30. The molecule has 1 aliphatic rings. The Morgan fingerprint density at radius 1 is 0.963 bits per heavy atom. The summed E-state index contributed by atoms with van der Waals surface area (Å²) in [5.41, 5.74) is 2.15. The lowest BCUT2D eigenvalue weighted by atomic mass is 9.98. The van der Waals surface area contributed by atoms with Crippen LogP contribution in [0.4, 0.5) is 0 Å². The molecule has 0 aliphatic carbocycles. The van der Waals surface area contributed by atoms with Crippen molar-refractivity contribution in [2.45, 2.75) is 32.1 Å². The molecule has 0 saturated heterocycles. The van der Waals surface area contributed by atoms with Gasteiger partial charge >= 0.3 is 0 Å². The summed E-state index contributed by atoms with van der Waals surface area (Å²) >= 11 is 0. The molecule has 2 aromatic rings. The summed E-state index contributed by atoms with van der Waals surface area (Å²) in [6, 6.07) is 17.0. The second-order valence-electron chi connectivity index (χ2n) is 6.86. The number of rotatable bonds is 8. The molecule has 5 heteroatoms. The Bertz CT molecular complexity index is 797. The molecule has 1 unspecified atom stereocenters. The van der Waals surface area contributed by atoms with E-state index in [1.54, 1.807) is 24.3 Å². The molecule has 3 rings (SSSR count). The minimum absolute atomic E-state index is 0.0492. The van der Waals surface area contributed by atoms with Gasteiger partial charge in [0.2, 0.25) is 5.91 Å². The average molecular weight is 364 g/mol. The molecule has 1 N–H and O–H groups in total. The first kappa shape index (κ1) is 18.8. The van der Waals surface area contributed by atoms with Crippen molar-refractivity contribution in [2.24, 2.45) is 0 Å². The van der Waals surface area contributed by atoms with E-state index < -0.39 is 0 Å². The van der Waals surface area contributed by atoms with Crippen LogP contribution in [0.1, 0.15) is 58.4 Å². The molecule has 1 heterocycles. The monoisotopic (exact) mass is 364 g/mol. The fourth-order valence-electron chi connectivity index (χ4n) is 3.30. The van der Waals surface area contributed by atoms with Crippen molar-refractivity contribution < 1.29 is 14.4 Å². The number of fused-ring (bicyclic) bond motifs is 1. The lowest BCUT2D eigenvalue weighted by Crippen LogP contribution is -2.32. The Kier molecular flexibility index (Phi) is 6.01. The molecule has 3 amide bonds. The quantitative estimate of drug-likeness (QED) is 0.730. The maximum atomic E-state index is 12.3. The highest BCUT2D eigenvalue weighted by atomic mass is 16.2. The van der Waals surface area contributed by atoms with E-state index in [1.165, 1.54) is 10.5 Å². The highest BCUT2D eigenvalue weighted by Crippen LogP contribution is 2.22. The van der Waals surface area contributed by atoms with Crippen LogP contribution in [0.15, 0.2) is 54.6 Å². The molecular formula is C22H24N2O3. The van der Waals surface area contributed by atoms with Crippen molar-refractivity contribution in [1.82, 2.24) is 10.2 Å². The number of hydrogen-bond donors (Lipinski definition) is 1. The fraction of sp³-hybridized carbons (Fsp3) is 0.318. The standard InChI is InChI=1S/C22H24N2O3/c1-16(17-8-3-2-4-9-17)13-14-23-20(25)12-7-15-24-21(26)18-10-5-6-11-19(18)22(24)27/h2-6,8-11,16H,7,12-15H2,1H3,(H,23,25). The predicted octanol–water partition coefficient (Wildman–Crippen LogP) is 3.37. The highest BCUT2D eigenvalue weighted by molar-refractivity contribution is 6.21. The number of nitrogens with one attached hydrogen (secondary N) is 1. The summed E-state index contributed by atoms with van der Waals surface area (Å²) < 4.78 is 0. The minimum Gasteiger partial charge on any atom is -0.356 e. The Hall–Kier alpha value is -2.95. The lowest BCUT2D eigenvalue weighted by molar-refractivity contribution is -0.121. The summed E-state index contributed by atoms with van der Waals surface area (Å²) in [4.78, 5) is 37.8. The van der Waals surface area contributed by atoms with Crippen molar-refractivity contribution in [2.75, 3.05) is 13.1 Å². The molecule has 140 valence electrons. The van der Waals surface area contributed by atoms with E-state index in [4.69, 9.17) is 0 Å². The number of hydrogen-bond acceptors (Lipinski definition) is 3. The van der Waals surface area contributed by atoms with Gasteiger partial charge in [0.15, 0.2) is 0 Å². The van der Waals surface area contributed by atoms with E-state index >= 15 is 0 Å². The zero-order valence-corrected chi connectivity index (χ0v) is 15.5. The number of nitrogens with zero attached hydrogens (tertiary/aromatic N) is 1. The van der Waals surface area contributed by atoms with Crippen LogP contribution >= 0.6 is 0 Å². The molecule has 0 bridgehead atoms. The number of carbonyl (C=O) groups is 3. The van der Waals surface area contributed by atoms with Crippen molar-refractivity contribution in [3.05, 3.63) is 71.3 Å². The van der Waals surface area contributed by atoms with Crippen molar-refractivity contribution in [3.63, 3.8) is 0 Å². The third-order valence-electron chi connectivity index (χ3n) is 4.93. The van der Waals surface area contributed by atoms with Crippen LogP contribution in [-0.2, 0) is 4.79 Å². The van der Waals surface area contributed by atoms with E-state index in [-0.39, 0.29) is 24.3 Å². The third-order valence-corrected chi connectivity index (χ3v) is 4.93. The van der Waals surface area contributed by atoms with Gasteiger partial charge < -0.3 is 5.32 Å². The summed E-state index contributed by atoms with van der Waals surface area (Å²) in [5, 5.41) is 2.92. The Morgan fingerprint density at radius 2 is 1.56 bits per heavy atom. The SMILES string of the molecule is CC(CCNC(=O)CCCN1C(=O)c2ccccc2C1=O)c1ccccc1. The van der Waals surface area contributed by atoms with E-state index in [0.717, 1.165) is 6.42 Å².